The number of hydrogen-bond acceptors (Lipinski definition) is 5. The first kappa shape index (κ1) is 11.3. The Kier molecular flexibility index (Phi) is 3.19. The Bertz CT molecular complexity index is 475. The van der Waals surface area contributed by atoms with Crippen LogP contribution < -0.4 is 10.6 Å². The first-order valence-electron chi connectivity index (χ1n) is 5.46. The van der Waals surface area contributed by atoms with E-state index in [0.717, 1.165) is 12.8 Å². The number of anilines is 1. The molecule has 1 aromatic heterocycles. The zero-order valence-electron chi connectivity index (χ0n) is 9.53. The van der Waals surface area contributed by atoms with Gasteiger partial charge >= 0.3 is 0 Å². The number of nitrogens with one attached hydrogen (secondary N) is 2. The molecular formula is C11H13N5O. The highest BCUT2D eigenvalue weighted by Crippen LogP contribution is 2.18. The molecule has 1 fully saturated rings. The molecule has 0 unspecified atom stereocenters. The van der Waals surface area contributed by atoms with E-state index >= 15 is 0 Å². The summed E-state index contributed by atoms with van der Waals surface area (Å²) < 4.78 is 0. The lowest BCUT2D eigenvalue weighted by Crippen LogP contribution is -2.31. The molecule has 0 aromatic carbocycles. The Balaban J connectivity index is 1.91. The Morgan fingerprint density at radius 1 is 1.59 bits per heavy atom. The molecule has 1 amide bonds. The van der Waals surface area contributed by atoms with Gasteiger partial charge in [0.05, 0.1) is 6.54 Å². The molecule has 0 saturated heterocycles. The lowest BCUT2D eigenvalue weighted by atomic mass is 10.3. The normalized spacial score (nSPS) is 13.9. The SMILES string of the molecule is Cc1cc(C#N)nc(NCC(=O)NC2CC2)n1. The van der Waals surface area contributed by atoms with Gasteiger partial charge in [0.25, 0.3) is 0 Å². The monoisotopic (exact) mass is 231 g/mol. The lowest BCUT2D eigenvalue weighted by Gasteiger charge is -2.06. The predicted molar refractivity (Wildman–Crippen MR) is 61.1 cm³/mol. The minimum Gasteiger partial charge on any atom is -0.352 e. The number of nitrogens with zero attached hydrogens (tertiary/aromatic N) is 3. The highest BCUT2D eigenvalue weighted by atomic mass is 16.2. The summed E-state index contributed by atoms with van der Waals surface area (Å²) in [6, 6.07) is 3.88. The summed E-state index contributed by atoms with van der Waals surface area (Å²) in [7, 11) is 0. The number of carbonyl (C=O) groups is 1. The molecular weight excluding hydrogens is 218 g/mol. The van der Waals surface area contributed by atoms with E-state index in [1.54, 1.807) is 13.0 Å². The van der Waals surface area contributed by atoms with Crippen molar-refractivity contribution in [2.75, 3.05) is 11.9 Å². The third-order valence-corrected chi connectivity index (χ3v) is 2.32. The molecule has 0 spiro atoms. The van der Waals surface area contributed by atoms with Gasteiger partial charge in [-0.15, -0.1) is 0 Å². The van der Waals surface area contributed by atoms with Gasteiger partial charge in [0.2, 0.25) is 11.9 Å². The van der Waals surface area contributed by atoms with Crippen LogP contribution in [0.1, 0.15) is 24.2 Å². The molecule has 1 aromatic rings. The number of hydrogen-bond donors (Lipinski definition) is 2. The van der Waals surface area contributed by atoms with Crippen LogP contribution in [0, 0.1) is 18.3 Å². The van der Waals surface area contributed by atoms with Gasteiger partial charge in [-0.3, -0.25) is 4.79 Å². The topological polar surface area (TPSA) is 90.7 Å². The van der Waals surface area contributed by atoms with Crippen molar-refractivity contribution in [2.24, 2.45) is 0 Å². The summed E-state index contributed by atoms with van der Waals surface area (Å²) in [4.78, 5) is 19.5. The Labute approximate surface area is 99.1 Å². The van der Waals surface area contributed by atoms with Gasteiger partial charge in [0, 0.05) is 11.7 Å². The van der Waals surface area contributed by atoms with E-state index in [9.17, 15) is 4.79 Å². The standard InChI is InChI=1S/C11H13N5O/c1-7-4-9(5-12)16-11(14-7)13-6-10(17)15-8-2-3-8/h4,8H,2-3,6H2,1H3,(H,15,17)(H,13,14,16). The molecule has 6 heteroatoms. The van der Waals surface area contributed by atoms with Crippen molar-refractivity contribution >= 4 is 11.9 Å². The van der Waals surface area contributed by atoms with Gasteiger partial charge in [-0.2, -0.15) is 5.26 Å². The Hall–Kier alpha value is -2.16. The van der Waals surface area contributed by atoms with Crippen LogP contribution in [0.3, 0.4) is 0 Å². The van der Waals surface area contributed by atoms with E-state index in [1.807, 2.05) is 6.07 Å². The van der Waals surface area contributed by atoms with Gasteiger partial charge in [0.1, 0.15) is 11.8 Å². The van der Waals surface area contributed by atoms with Crippen LogP contribution >= 0.6 is 0 Å². The first-order valence-corrected chi connectivity index (χ1v) is 5.46. The molecule has 2 N–H and O–H groups in total. The molecule has 1 heterocycles. The Morgan fingerprint density at radius 3 is 3.00 bits per heavy atom. The van der Waals surface area contributed by atoms with Crippen LogP contribution in [-0.4, -0.2) is 28.5 Å². The predicted octanol–water partition coefficient (Wildman–Crippen LogP) is 0.347. The third kappa shape index (κ3) is 3.41. The smallest absolute Gasteiger partial charge is 0.239 e. The minimum absolute atomic E-state index is 0.0730. The fourth-order valence-electron chi connectivity index (χ4n) is 1.37. The molecule has 1 aliphatic rings. The van der Waals surface area contributed by atoms with Crippen LogP contribution in [0.4, 0.5) is 5.95 Å². The molecule has 0 atom stereocenters. The van der Waals surface area contributed by atoms with Crippen LogP contribution in [0.25, 0.3) is 0 Å². The number of aromatic nitrogens is 2. The van der Waals surface area contributed by atoms with Crippen LogP contribution in [0.2, 0.25) is 0 Å². The third-order valence-electron chi connectivity index (χ3n) is 2.32. The minimum atomic E-state index is -0.0730. The largest absolute Gasteiger partial charge is 0.352 e. The molecule has 1 aliphatic carbocycles. The van der Waals surface area contributed by atoms with Crippen LogP contribution in [0.5, 0.6) is 0 Å². The van der Waals surface area contributed by atoms with Crippen molar-refractivity contribution in [3.05, 3.63) is 17.5 Å². The molecule has 2 rings (SSSR count). The number of nitriles is 1. The molecule has 6 nitrogen and oxygen atoms in total. The summed E-state index contributed by atoms with van der Waals surface area (Å²) in [5.74, 6) is 0.239. The van der Waals surface area contributed by atoms with Gasteiger partial charge in [-0.05, 0) is 25.8 Å². The van der Waals surface area contributed by atoms with Gasteiger partial charge in [-0.1, -0.05) is 0 Å². The summed E-state index contributed by atoms with van der Waals surface area (Å²) in [5, 5.41) is 14.4. The summed E-state index contributed by atoms with van der Waals surface area (Å²) in [5.41, 5.74) is 0.990. The Morgan fingerprint density at radius 2 is 2.35 bits per heavy atom. The van der Waals surface area contributed by atoms with E-state index in [4.69, 9.17) is 5.26 Å². The van der Waals surface area contributed by atoms with Gasteiger partial charge < -0.3 is 10.6 Å². The summed E-state index contributed by atoms with van der Waals surface area (Å²) in [6.07, 6.45) is 2.12. The van der Waals surface area contributed by atoms with Gasteiger partial charge in [0.15, 0.2) is 0 Å². The maximum Gasteiger partial charge on any atom is 0.239 e. The number of carbonyl (C=O) groups excluding carboxylic acids is 1. The molecule has 17 heavy (non-hydrogen) atoms. The fraction of sp³-hybridized carbons (Fsp3) is 0.455. The zero-order chi connectivity index (χ0) is 12.3. The van der Waals surface area contributed by atoms with E-state index in [2.05, 4.69) is 20.6 Å². The quantitative estimate of drug-likeness (QED) is 0.780. The van der Waals surface area contributed by atoms with Crippen LogP contribution in [0.15, 0.2) is 6.07 Å². The van der Waals surface area contributed by atoms with Crippen molar-refractivity contribution in [1.82, 2.24) is 15.3 Å². The molecule has 0 bridgehead atoms. The average molecular weight is 231 g/mol. The van der Waals surface area contributed by atoms with E-state index < -0.39 is 0 Å². The molecule has 1 saturated carbocycles. The maximum atomic E-state index is 11.4. The summed E-state index contributed by atoms with van der Waals surface area (Å²) >= 11 is 0. The lowest BCUT2D eigenvalue weighted by molar-refractivity contribution is -0.119. The second kappa shape index (κ2) is 4.78. The number of amides is 1. The second-order valence-corrected chi connectivity index (χ2v) is 4.03. The fourth-order valence-corrected chi connectivity index (χ4v) is 1.37. The van der Waals surface area contributed by atoms with Crippen molar-refractivity contribution in [1.29, 1.82) is 5.26 Å². The highest BCUT2D eigenvalue weighted by Gasteiger charge is 2.22. The highest BCUT2D eigenvalue weighted by molar-refractivity contribution is 5.80. The summed E-state index contributed by atoms with van der Waals surface area (Å²) in [6.45, 7) is 1.91. The van der Waals surface area contributed by atoms with Gasteiger partial charge in [-0.25, -0.2) is 9.97 Å². The first-order chi connectivity index (χ1) is 8.17. The van der Waals surface area contributed by atoms with Crippen molar-refractivity contribution < 1.29 is 4.79 Å². The second-order valence-electron chi connectivity index (χ2n) is 4.03. The van der Waals surface area contributed by atoms with Crippen molar-refractivity contribution in [2.45, 2.75) is 25.8 Å². The van der Waals surface area contributed by atoms with Crippen LogP contribution in [-0.2, 0) is 4.79 Å². The molecule has 88 valence electrons. The molecule has 0 aliphatic heterocycles. The van der Waals surface area contributed by atoms with E-state index in [0.29, 0.717) is 23.4 Å². The number of aryl methyl sites for hydroxylation is 1. The maximum absolute atomic E-state index is 11.4. The zero-order valence-corrected chi connectivity index (χ0v) is 9.53. The number of rotatable bonds is 4. The van der Waals surface area contributed by atoms with E-state index in [-0.39, 0.29) is 12.5 Å². The molecule has 0 radical (unpaired) electrons. The van der Waals surface area contributed by atoms with Crippen molar-refractivity contribution in [3.8, 4) is 6.07 Å². The van der Waals surface area contributed by atoms with E-state index in [1.165, 1.54) is 0 Å². The average Bonchev–Trinajstić information content (AvgIpc) is 3.09. The van der Waals surface area contributed by atoms with Crippen molar-refractivity contribution in [3.63, 3.8) is 0 Å².